The fraction of sp³-hybridized carbons (Fsp3) is 0.276. The number of nitrogens with one attached hydrogen (secondary N) is 1. The lowest BCUT2D eigenvalue weighted by Crippen LogP contribution is -2.45. The molecule has 7 nitrogen and oxygen atoms in total. The van der Waals surface area contributed by atoms with Crippen LogP contribution in [0.4, 0.5) is 4.79 Å². The van der Waals surface area contributed by atoms with Crippen LogP contribution in [-0.4, -0.2) is 30.3 Å². The Labute approximate surface area is 211 Å². The van der Waals surface area contributed by atoms with Crippen molar-refractivity contribution in [3.8, 4) is 11.8 Å². The van der Waals surface area contributed by atoms with Gasteiger partial charge in [-0.3, -0.25) is 0 Å². The Morgan fingerprint density at radius 2 is 1.44 bits per heavy atom. The maximum atomic E-state index is 13.3. The highest BCUT2D eigenvalue weighted by Crippen LogP contribution is 2.26. The Kier molecular flexibility index (Phi) is 9.07. The number of nitrogens with zero attached hydrogens (tertiary/aromatic N) is 1. The van der Waals surface area contributed by atoms with Crippen molar-refractivity contribution in [1.29, 1.82) is 5.26 Å². The van der Waals surface area contributed by atoms with E-state index in [0.29, 0.717) is 11.3 Å². The van der Waals surface area contributed by atoms with Crippen molar-refractivity contribution in [3.63, 3.8) is 0 Å². The summed E-state index contributed by atoms with van der Waals surface area (Å²) in [6.45, 7) is 5.36. The average molecular weight is 487 g/mol. The molecule has 0 saturated heterocycles. The molecule has 0 aliphatic rings. The summed E-state index contributed by atoms with van der Waals surface area (Å²) in [4.78, 5) is 25.8. The summed E-state index contributed by atoms with van der Waals surface area (Å²) in [6.07, 6.45) is -1.23. The minimum atomic E-state index is -1.01. The minimum Gasteiger partial charge on any atom is -0.493 e. The molecule has 0 heterocycles. The van der Waals surface area contributed by atoms with Crippen molar-refractivity contribution < 1.29 is 23.8 Å². The lowest BCUT2D eigenvalue weighted by atomic mass is 10.0. The molecule has 1 atom stereocenters. The summed E-state index contributed by atoms with van der Waals surface area (Å²) < 4.78 is 17.0. The predicted octanol–water partition coefficient (Wildman–Crippen LogP) is 5.55. The molecule has 3 aromatic rings. The topological polar surface area (TPSA) is 97.6 Å². The first-order chi connectivity index (χ1) is 17.2. The molecule has 0 radical (unpaired) electrons. The number of carbonyl (C=O) groups is 2. The molecule has 186 valence electrons. The highest BCUT2D eigenvalue weighted by molar-refractivity contribution is 5.81. The predicted molar refractivity (Wildman–Crippen MR) is 135 cm³/mol. The maximum absolute atomic E-state index is 13.3. The minimum absolute atomic E-state index is 0.128. The first kappa shape index (κ1) is 26.3. The monoisotopic (exact) mass is 486 g/mol. The smallest absolute Gasteiger partial charge is 0.408 e. The number of amides is 1. The third kappa shape index (κ3) is 8.17. The SMILES string of the molecule is CC(C)(C)OC(=O)N[C@H](CCOc1ccc(C#N)cc1)C(=O)OC(c1ccccc1)c1ccccc1. The summed E-state index contributed by atoms with van der Waals surface area (Å²) in [6, 6.07) is 26.5. The van der Waals surface area contributed by atoms with Crippen LogP contribution in [0.1, 0.15) is 50.0 Å². The van der Waals surface area contributed by atoms with E-state index in [9.17, 15) is 9.59 Å². The van der Waals surface area contributed by atoms with Gasteiger partial charge in [0, 0.05) is 6.42 Å². The summed E-state index contributed by atoms with van der Waals surface area (Å²) in [5.41, 5.74) is 1.40. The van der Waals surface area contributed by atoms with Crippen LogP contribution in [0.5, 0.6) is 5.75 Å². The van der Waals surface area contributed by atoms with Crippen molar-refractivity contribution in [1.82, 2.24) is 5.32 Å². The van der Waals surface area contributed by atoms with Crippen molar-refractivity contribution in [2.75, 3.05) is 6.61 Å². The van der Waals surface area contributed by atoms with E-state index in [1.807, 2.05) is 60.7 Å². The zero-order valence-corrected chi connectivity index (χ0v) is 20.6. The van der Waals surface area contributed by atoms with Gasteiger partial charge in [-0.25, -0.2) is 9.59 Å². The van der Waals surface area contributed by atoms with Gasteiger partial charge in [0.25, 0.3) is 0 Å². The Hall–Kier alpha value is -4.31. The highest BCUT2D eigenvalue weighted by Gasteiger charge is 2.29. The average Bonchev–Trinajstić information content (AvgIpc) is 2.87. The molecular weight excluding hydrogens is 456 g/mol. The number of hydrogen-bond acceptors (Lipinski definition) is 6. The molecule has 0 bridgehead atoms. The molecule has 0 saturated carbocycles. The molecule has 0 aliphatic carbocycles. The van der Waals surface area contributed by atoms with Crippen molar-refractivity contribution in [2.45, 2.75) is 44.9 Å². The van der Waals surface area contributed by atoms with Gasteiger partial charge in [0.2, 0.25) is 0 Å². The van der Waals surface area contributed by atoms with Gasteiger partial charge in [-0.05, 0) is 56.2 Å². The quantitative estimate of drug-likeness (QED) is 0.398. The molecule has 0 aliphatic heterocycles. The second kappa shape index (κ2) is 12.4. The number of rotatable bonds is 9. The van der Waals surface area contributed by atoms with Crippen LogP contribution in [0.25, 0.3) is 0 Å². The molecule has 0 spiro atoms. The second-order valence-corrected chi connectivity index (χ2v) is 9.11. The first-order valence-electron chi connectivity index (χ1n) is 11.7. The number of nitriles is 1. The van der Waals surface area contributed by atoms with Gasteiger partial charge < -0.3 is 19.5 Å². The Balaban J connectivity index is 1.76. The highest BCUT2D eigenvalue weighted by atomic mass is 16.6. The summed E-state index contributed by atoms with van der Waals surface area (Å²) in [5.74, 6) is -0.0631. The van der Waals surface area contributed by atoms with Crippen LogP contribution in [0.2, 0.25) is 0 Å². The maximum Gasteiger partial charge on any atom is 0.408 e. The van der Waals surface area contributed by atoms with Crippen LogP contribution >= 0.6 is 0 Å². The van der Waals surface area contributed by atoms with E-state index >= 15 is 0 Å². The number of carbonyl (C=O) groups excluding carboxylic acids is 2. The number of benzene rings is 3. The van der Waals surface area contributed by atoms with E-state index in [4.69, 9.17) is 19.5 Å². The molecule has 0 unspecified atom stereocenters. The fourth-order valence-electron chi connectivity index (χ4n) is 3.40. The molecule has 1 N–H and O–H groups in total. The molecule has 7 heteroatoms. The van der Waals surface area contributed by atoms with Crippen LogP contribution in [0.15, 0.2) is 84.9 Å². The van der Waals surface area contributed by atoms with Gasteiger partial charge in [0.05, 0.1) is 18.2 Å². The third-order valence-corrected chi connectivity index (χ3v) is 5.07. The summed E-state index contributed by atoms with van der Waals surface area (Å²) in [7, 11) is 0. The lowest BCUT2D eigenvalue weighted by Gasteiger charge is -2.25. The molecule has 0 fully saturated rings. The fourth-order valence-corrected chi connectivity index (χ4v) is 3.40. The lowest BCUT2D eigenvalue weighted by molar-refractivity contribution is -0.150. The van der Waals surface area contributed by atoms with E-state index in [1.165, 1.54) is 0 Å². The molecular formula is C29H30N2O5. The van der Waals surface area contributed by atoms with E-state index in [0.717, 1.165) is 11.1 Å². The number of alkyl carbamates (subject to hydrolysis) is 1. The van der Waals surface area contributed by atoms with E-state index in [2.05, 4.69) is 11.4 Å². The number of hydrogen-bond donors (Lipinski definition) is 1. The standard InChI is InChI=1S/C29H30N2O5/c1-29(2,3)36-28(33)31-25(18-19-34-24-16-14-21(20-30)15-17-24)27(32)35-26(22-10-6-4-7-11-22)23-12-8-5-9-13-23/h4-17,25-26H,18-19H2,1-3H3,(H,31,33)/t25-/m1/s1. The summed E-state index contributed by atoms with van der Waals surface area (Å²) in [5, 5.41) is 11.6. The molecule has 3 rings (SSSR count). The van der Waals surface area contributed by atoms with Gasteiger partial charge >= 0.3 is 12.1 Å². The first-order valence-corrected chi connectivity index (χ1v) is 11.7. The van der Waals surface area contributed by atoms with Gasteiger partial charge in [-0.2, -0.15) is 5.26 Å². The number of ether oxygens (including phenoxy) is 3. The Bertz CT molecular complexity index is 1130. The van der Waals surface area contributed by atoms with Crippen LogP contribution in [0.3, 0.4) is 0 Å². The van der Waals surface area contributed by atoms with E-state index in [-0.39, 0.29) is 13.0 Å². The summed E-state index contributed by atoms with van der Waals surface area (Å²) >= 11 is 0. The van der Waals surface area contributed by atoms with E-state index < -0.39 is 29.8 Å². The van der Waals surface area contributed by atoms with Crippen LogP contribution in [-0.2, 0) is 14.3 Å². The molecule has 36 heavy (non-hydrogen) atoms. The van der Waals surface area contributed by atoms with Crippen LogP contribution in [0, 0.1) is 11.3 Å². The van der Waals surface area contributed by atoms with Crippen molar-refractivity contribution in [2.24, 2.45) is 0 Å². The normalized spacial score (nSPS) is 11.8. The largest absolute Gasteiger partial charge is 0.493 e. The van der Waals surface area contributed by atoms with Gasteiger partial charge in [0.1, 0.15) is 17.4 Å². The van der Waals surface area contributed by atoms with Crippen molar-refractivity contribution >= 4 is 12.1 Å². The number of esters is 1. The Morgan fingerprint density at radius 3 is 1.94 bits per heavy atom. The molecule has 1 amide bonds. The third-order valence-electron chi connectivity index (χ3n) is 5.07. The van der Waals surface area contributed by atoms with Crippen LogP contribution < -0.4 is 10.1 Å². The van der Waals surface area contributed by atoms with Crippen molar-refractivity contribution in [3.05, 3.63) is 102 Å². The zero-order chi connectivity index (χ0) is 26.0. The zero-order valence-electron chi connectivity index (χ0n) is 20.6. The molecule has 3 aromatic carbocycles. The second-order valence-electron chi connectivity index (χ2n) is 9.11. The van der Waals surface area contributed by atoms with Gasteiger partial charge in [0.15, 0.2) is 6.10 Å². The Morgan fingerprint density at radius 1 is 0.889 bits per heavy atom. The molecule has 0 aromatic heterocycles. The van der Waals surface area contributed by atoms with E-state index in [1.54, 1.807) is 45.0 Å². The van der Waals surface area contributed by atoms with Gasteiger partial charge in [-0.1, -0.05) is 60.7 Å². The van der Waals surface area contributed by atoms with Gasteiger partial charge in [-0.15, -0.1) is 0 Å².